The third-order valence-electron chi connectivity index (χ3n) is 5.00. The summed E-state index contributed by atoms with van der Waals surface area (Å²) in [5, 5.41) is 10.9. The molecule has 2 heterocycles. The van der Waals surface area contributed by atoms with Crippen molar-refractivity contribution in [2.24, 2.45) is 10.9 Å². The fraction of sp³-hybridized carbons (Fsp3) is 0.333. The number of nitrogens with zero attached hydrogens (tertiary/aromatic N) is 2. The van der Waals surface area contributed by atoms with E-state index >= 15 is 0 Å². The second-order valence-electron chi connectivity index (χ2n) is 7.69. The molecule has 4 rings (SSSR count). The van der Waals surface area contributed by atoms with Crippen molar-refractivity contribution < 1.29 is 57.4 Å². The van der Waals surface area contributed by atoms with Crippen LogP contribution in [0.4, 0.5) is 18.9 Å². The Kier molecular flexibility index (Phi) is 5.97. The van der Waals surface area contributed by atoms with Crippen LogP contribution in [-0.2, 0) is 11.0 Å². The van der Waals surface area contributed by atoms with Crippen molar-refractivity contribution in [2.75, 3.05) is 18.0 Å². The van der Waals surface area contributed by atoms with Crippen LogP contribution in [0.2, 0.25) is 0 Å². The number of ether oxygens (including phenoxy) is 1. The molecule has 1 fully saturated rings. The number of carbonyl (C=O) groups excluding carboxylic acids is 1. The number of hydrogen-bond acceptors (Lipinski definition) is 5. The van der Waals surface area contributed by atoms with Gasteiger partial charge in [-0.1, -0.05) is 12.1 Å². The van der Waals surface area contributed by atoms with Gasteiger partial charge in [0.05, 0.1) is 11.3 Å². The fourth-order valence-corrected chi connectivity index (χ4v) is 3.51. The summed E-state index contributed by atoms with van der Waals surface area (Å²) in [7, 11) is 0. The molecular weight excluding hydrogens is 408 g/mol. The topological polar surface area (TPSA) is 65.0 Å². The summed E-state index contributed by atoms with van der Waals surface area (Å²) >= 11 is 0. The van der Waals surface area contributed by atoms with E-state index in [2.05, 4.69) is 4.99 Å². The van der Waals surface area contributed by atoms with Gasteiger partial charge in [-0.05, 0) is 44.2 Å². The maximum atomic E-state index is 13.1. The molecule has 0 aliphatic carbocycles. The SMILES string of the molecule is CC1(C)N=C(c2cccc(N3CC(C(=O)[O-])C3)c2)c2ccc(C(F)(F)F)cc2O1.[Na+]. The van der Waals surface area contributed by atoms with E-state index in [0.717, 1.165) is 23.4 Å². The fourth-order valence-electron chi connectivity index (χ4n) is 3.51. The third-order valence-corrected chi connectivity index (χ3v) is 5.00. The summed E-state index contributed by atoms with van der Waals surface area (Å²) < 4.78 is 45.0. The summed E-state index contributed by atoms with van der Waals surface area (Å²) in [5.74, 6) is -1.44. The van der Waals surface area contributed by atoms with Gasteiger partial charge >= 0.3 is 35.7 Å². The van der Waals surface area contributed by atoms with Crippen molar-refractivity contribution >= 4 is 17.4 Å². The van der Waals surface area contributed by atoms with E-state index in [1.165, 1.54) is 6.07 Å². The van der Waals surface area contributed by atoms with Gasteiger partial charge in [-0.3, -0.25) is 0 Å². The van der Waals surface area contributed by atoms with Crippen molar-refractivity contribution in [3.8, 4) is 5.75 Å². The summed E-state index contributed by atoms with van der Waals surface area (Å²) in [6, 6.07) is 10.7. The van der Waals surface area contributed by atoms with E-state index in [0.29, 0.717) is 24.4 Å². The molecule has 30 heavy (non-hydrogen) atoms. The number of benzene rings is 2. The molecule has 2 aliphatic rings. The Morgan fingerprint density at radius 1 is 1.20 bits per heavy atom. The zero-order valence-corrected chi connectivity index (χ0v) is 18.8. The van der Waals surface area contributed by atoms with Crippen LogP contribution in [0, 0.1) is 5.92 Å². The second kappa shape index (κ2) is 7.90. The van der Waals surface area contributed by atoms with E-state index in [1.54, 1.807) is 13.8 Å². The number of aliphatic carboxylic acids is 1. The van der Waals surface area contributed by atoms with Crippen LogP contribution in [0.3, 0.4) is 0 Å². The third kappa shape index (κ3) is 4.36. The summed E-state index contributed by atoms with van der Waals surface area (Å²) in [4.78, 5) is 17.4. The molecule has 1 saturated heterocycles. The van der Waals surface area contributed by atoms with Gasteiger partial charge in [0.2, 0.25) is 0 Å². The maximum Gasteiger partial charge on any atom is 1.00 e. The minimum atomic E-state index is -4.47. The van der Waals surface area contributed by atoms with Gasteiger partial charge in [-0.15, -0.1) is 0 Å². The largest absolute Gasteiger partial charge is 1.00 e. The van der Waals surface area contributed by atoms with Gasteiger partial charge in [0, 0.05) is 41.8 Å². The van der Waals surface area contributed by atoms with Crippen molar-refractivity contribution in [1.29, 1.82) is 0 Å². The number of aliphatic imine (C=N–C) groups is 1. The first kappa shape index (κ1) is 22.7. The predicted octanol–water partition coefficient (Wildman–Crippen LogP) is -0.139. The average Bonchev–Trinajstić information content (AvgIpc) is 2.57. The van der Waals surface area contributed by atoms with E-state index < -0.39 is 29.4 Å². The van der Waals surface area contributed by atoms with Crippen molar-refractivity contribution in [3.05, 3.63) is 59.2 Å². The van der Waals surface area contributed by atoms with Crippen LogP contribution in [0.15, 0.2) is 47.5 Å². The normalized spacial score (nSPS) is 17.8. The van der Waals surface area contributed by atoms with E-state index in [4.69, 9.17) is 4.74 Å². The molecule has 0 spiro atoms. The van der Waals surface area contributed by atoms with Crippen LogP contribution >= 0.6 is 0 Å². The zero-order chi connectivity index (χ0) is 21.0. The molecule has 0 radical (unpaired) electrons. The van der Waals surface area contributed by atoms with Crippen LogP contribution in [-0.4, -0.2) is 30.5 Å². The number of rotatable bonds is 3. The van der Waals surface area contributed by atoms with Gasteiger partial charge in [-0.2, -0.15) is 13.2 Å². The number of carboxylic acid groups (broad SMARTS) is 1. The van der Waals surface area contributed by atoms with Gasteiger partial charge in [-0.25, -0.2) is 4.99 Å². The summed E-state index contributed by atoms with van der Waals surface area (Å²) in [5.41, 5.74) is 0.738. The Morgan fingerprint density at radius 3 is 2.53 bits per heavy atom. The molecule has 0 aromatic heterocycles. The van der Waals surface area contributed by atoms with Crippen LogP contribution in [0.5, 0.6) is 5.75 Å². The first-order valence-electron chi connectivity index (χ1n) is 9.10. The molecule has 0 bridgehead atoms. The Hall–Kier alpha value is -2.03. The van der Waals surface area contributed by atoms with E-state index in [1.807, 2.05) is 29.2 Å². The molecule has 0 saturated carbocycles. The molecule has 2 aliphatic heterocycles. The molecule has 0 N–H and O–H groups in total. The van der Waals surface area contributed by atoms with E-state index in [9.17, 15) is 23.1 Å². The van der Waals surface area contributed by atoms with Crippen molar-refractivity contribution in [3.63, 3.8) is 0 Å². The van der Waals surface area contributed by atoms with Crippen LogP contribution in [0.25, 0.3) is 0 Å². The molecule has 5 nitrogen and oxygen atoms in total. The summed E-state index contributed by atoms with van der Waals surface area (Å²) in [6.45, 7) is 4.08. The maximum absolute atomic E-state index is 13.1. The molecular formula is C21H18F3N2NaO3. The minimum Gasteiger partial charge on any atom is -0.550 e. The molecule has 0 atom stereocenters. The van der Waals surface area contributed by atoms with Crippen molar-refractivity contribution in [1.82, 2.24) is 0 Å². The standard InChI is InChI=1S/C21H19F3N2O3.Na/c1-20(2)25-18(16-7-6-14(21(22,23)24)9-17(16)29-20)12-4-3-5-15(8-12)26-10-13(11-26)19(27)28;/h3-9,13H,10-11H2,1-2H3,(H,27,28);/q;+1/p-1. The summed E-state index contributed by atoms with van der Waals surface area (Å²) in [6.07, 6.45) is -4.47. The first-order chi connectivity index (χ1) is 13.5. The number of carboxylic acids is 1. The molecule has 0 unspecified atom stereocenters. The predicted molar refractivity (Wildman–Crippen MR) is 98.9 cm³/mol. The monoisotopic (exact) mass is 426 g/mol. The number of anilines is 1. The molecule has 152 valence electrons. The minimum absolute atomic E-state index is 0. The molecule has 2 aromatic rings. The number of fused-ring (bicyclic) bond motifs is 1. The first-order valence-corrected chi connectivity index (χ1v) is 9.10. The molecule has 9 heteroatoms. The van der Waals surface area contributed by atoms with Gasteiger partial charge in [0.25, 0.3) is 0 Å². The molecule has 2 aromatic carbocycles. The van der Waals surface area contributed by atoms with Gasteiger partial charge < -0.3 is 19.5 Å². The van der Waals surface area contributed by atoms with Crippen molar-refractivity contribution in [2.45, 2.75) is 25.7 Å². The van der Waals surface area contributed by atoms with Gasteiger partial charge in [0.1, 0.15) is 5.75 Å². The number of alkyl halides is 3. The Morgan fingerprint density at radius 2 is 1.90 bits per heavy atom. The Balaban J connectivity index is 0.00000256. The van der Waals surface area contributed by atoms with E-state index in [-0.39, 0.29) is 35.3 Å². The zero-order valence-electron chi connectivity index (χ0n) is 16.8. The van der Waals surface area contributed by atoms with Crippen LogP contribution < -0.4 is 44.3 Å². The smallest absolute Gasteiger partial charge is 0.550 e. The average molecular weight is 426 g/mol. The number of carbonyl (C=O) groups is 1. The molecule has 0 amide bonds. The quantitative estimate of drug-likeness (QED) is 0.642. The number of hydrogen-bond donors (Lipinski definition) is 0. The Labute approximate surface area is 193 Å². The van der Waals surface area contributed by atoms with Gasteiger partial charge in [0.15, 0.2) is 5.72 Å². The van der Waals surface area contributed by atoms with Crippen LogP contribution in [0.1, 0.15) is 30.5 Å². The number of halogens is 3. The second-order valence-corrected chi connectivity index (χ2v) is 7.69. The Bertz CT molecular complexity index is 1010.